The summed E-state index contributed by atoms with van der Waals surface area (Å²) in [7, 11) is 0. The van der Waals surface area contributed by atoms with E-state index >= 15 is 0 Å². The van der Waals surface area contributed by atoms with Crippen LogP contribution in [0.2, 0.25) is 5.02 Å². The fraction of sp³-hybridized carbons (Fsp3) is 0.400. The van der Waals surface area contributed by atoms with Gasteiger partial charge in [-0.2, -0.15) is 0 Å². The summed E-state index contributed by atoms with van der Waals surface area (Å²) in [6, 6.07) is 16.6. The molecule has 362 valence electrons. The SMILES string of the molecule is Cc1ncsc1-c1ccc(CNC(=O)[C@@H]2C[C@@H](O)CN2C(O)[C@@H](NC(=O)Cc2ccc(OCCNC(=O)C[C@@H]3N=C(c4ccc(Cl)cc4)c4c(sc(C)c4C)-n4c(C)nnc43)cn2)C(C)(C)C)cc1. The van der Waals surface area contributed by atoms with Gasteiger partial charge in [0.05, 0.1) is 65.6 Å². The minimum Gasteiger partial charge on any atom is -0.490 e. The number of fused-ring (bicyclic) bond motifs is 3. The number of carbonyl (C=O) groups excluding carboxylic acids is 3. The van der Waals surface area contributed by atoms with Crippen molar-refractivity contribution in [2.75, 3.05) is 19.7 Å². The number of carbonyl (C=O) groups is 3. The molecule has 2 aliphatic heterocycles. The number of likely N-dealkylation sites (tertiary alicyclic amines) is 1. The zero-order valence-electron chi connectivity index (χ0n) is 39.6. The van der Waals surface area contributed by atoms with Crippen molar-refractivity contribution in [3.8, 4) is 21.2 Å². The number of pyridine rings is 1. The number of hydrogen-bond acceptors (Lipinski definition) is 14. The van der Waals surface area contributed by atoms with Crippen molar-refractivity contribution in [1.29, 1.82) is 0 Å². The van der Waals surface area contributed by atoms with Gasteiger partial charge in [0.1, 0.15) is 35.5 Å². The van der Waals surface area contributed by atoms with Crippen LogP contribution in [0, 0.1) is 33.1 Å². The number of halogens is 1. The lowest BCUT2D eigenvalue weighted by atomic mass is 9.84. The Balaban J connectivity index is 0.828. The summed E-state index contributed by atoms with van der Waals surface area (Å²) in [4.78, 5) is 58.3. The number of rotatable bonds is 16. The zero-order valence-corrected chi connectivity index (χ0v) is 42.0. The van der Waals surface area contributed by atoms with E-state index in [1.54, 1.807) is 39.7 Å². The van der Waals surface area contributed by atoms with Crippen molar-refractivity contribution in [1.82, 2.24) is 45.6 Å². The zero-order chi connectivity index (χ0) is 49.1. The van der Waals surface area contributed by atoms with E-state index < -0.39 is 35.9 Å². The Labute approximate surface area is 414 Å². The molecule has 0 aliphatic carbocycles. The molecule has 0 spiro atoms. The molecular formula is C50H57ClN10O6S2. The van der Waals surface area contributed by atoms with Crippen molar-refractivity contribution in [3.63, 3.8) is 0 Å². The van der Waals surface area contributed by atoms with Crippen LogP contribution in [0.4, 0.5) is 0 Å². The van der Waals surface area contributed by atoms with E-state index in [4.69, 9.17) is 21.3 Å². The van der Waals surface area contributed by atoms with Crippen LogP contribution < -0.4 is 20.7 Å². The number of aryl methyl sites for hydroxylation is 3. The summed E-state index contributed by atoms with van der Waals surface area (Å²) in [5, 5.41) is 41.8. The van der Waals surface area contributed by atoms with E-state index in [0.717, 1.165) is 54.0 Å². The molecule has 1 saturated heterocycles. The number of nitrogens with one attached hydrogen (secondary N) is 3. The van der Waals surface area contributed by atoms with E-state index in [2.05, 4.69) is 50.0 Å². The number of benzene rings is 2. The van der Waals surface area contributed by atoms with Crippen LogP contribution >= 0.6 is 34.3 Å². The van der Waals surface area contributed by atoms with Crippen molar-refractivity contribution < 1.29 is 29.3 Å². The van der Waals surface area contributed by atoms with Gasteiger partial charge in [0.15, 0.2) is 5.82 Å². The molecule has 1 unspecified atom stereocenters. The number of ether oxygens (including phenoxy) is 1. The van der Waals surface area contributed by atoms with Crippen LogP contribution in [0.1, 0.15) is 89.8 Å². The Morgan fingerprint density at radius 1 is 0.942 bits per heavy atom. The molecule has 4 aromatic heterocycles. The van der Waals surface area contributed by atoms with Crippen molar-refractivity contribution in [3.05, 3.63) is 128 Å². The first kappa shape index (κ1) is 49.5. The van der Waals surface area contributed by atoms with Gasteiger partial charge < -0.3 is 30.9 Å². The lowest BCUT2D eigenvalue weighted by Crippen LogP contribution is -2.60. The standard InChI is InChI=1S/C50H57ClN10O6S2/c1-27-29(3)69-49-42(27)43(32-12-14-34(51)15-13-32)56-38(46-59-58-30(4)61(46)49)22-40(63)52-18-19-67-37-17-16-35(53-24-37)20-41(64)57-45(50(5,6)7)48(66)60-25-36(62)21-39(60)47(65)54-23-31-8-10-33(11-9-31)44-28(2)55-26-68-44/h8-17,24,26,36,38-39,45,48,62,66H,18-23,25H2,1-7H3,(H,52,63)(H,54,65)(H,57,64)/t36-,38+,39+,45-,48?/m1/s1. The number of hydrogen-bond donors (Lipinski definition) is 5. The molecule has 5 atom stereocenters. The smallest absolute Gasteiger partial charge is 0.237 e. The number of aromatic nitrogens is 5. The normalized spacial score (nSPS) is 17.8. The van der Waals surface area contributed by atoms with Crippen LogP contribution in [0.3, 0.4) is 0 Å². The number of aliphatic imine (C=N–C) groups is 1. The molecule has 0 radical (unpaired) electrons. The number of nitrogens with zero attached hydrogens (tertiary/aromatic N) is 7. The Hall–Kier alpha value is -5.89. The molecule has 6 heterocycles. The lowest BCUT2D eigenvalue weighted by Gasteiger charge is -2.40. The summed E-state index contributed by atoms with van der Waals surface area (Å²) >= 11 is 9.47. The maximum absolute atomic E-state index is 13.6. The minimum atomic E-state index is -1.27. The van der Waals surface area contributed by atoms with Crippen LogP contribution in [-0.2, 0) is 27.3 Å². The first-order chi connectivity index (χ1) is 32.9. The van der Waals surface area contributed by atoms with Gasteiger partial charge in [0.25, 0.3) is 0 Å². The Bertz CT molecular complexity index is 2840. The van der Waals surface area contributed by atoms with E-state index in [-0.39, 0.29) is 63.2 Å². The fourth-order valence-corrected chi connectivity index (χ4v) is 10.9. The average Bonchev–Trinajstić information content (AvgIpc) is 4.09. The summed E-state index contributed by atoms with van der Waals surface area (Å²) in [5.41, 5.74) is 8.34. The summed E-state index contributed by atoms with van der Waals surface area (Å²) in [6.07, 6.45) is -0.482. The maximum atomic E-state index is 13.6. The monoisotopic (exact) mass is 992 g/mol. The molecule has 6 aromatic rings. The second-order valence-electron chi connectivity index (χ2n) is 18.6. The third kappa shape index (κ3) is 11.3. The van der Waals surface area contributed by atoms with Crippen molar-refractivity contribution in [2.24, 2.45) is 10.4 Å². The van der Waals surface area contributed by atoms with Gasteiger partial charge in [-0.15, -0.1) is 32.9 Å². The third-order valence-electron chi connectivity index (χ3n) is 12.5. The predicted octanol–water partition coefficient (Wildman–Crippen LogP) is 6.36. The van der Waals surface area contributed by atoms with E-state index in [1.165, 1.54) is 6.20 Å². The highest BCUT2D eigenvalue weighted by molar-refractivity contribution is 7.15. The average molecular weight is 994 g/mol. The first-order valence-electron chi connectivity index (χ1n) is 22.8. The number of thiazole rings is 1. The highest BCUT2D eigenvalue weighted by Crippen LogP contribution is 2.40. The summed E-state index contributed by atoms with van der Waals surface area (Å²) in [5.74, 6) is 0.831. The largest absolute Gasteiger partial charge is 0.490 e. The molecule has 1 fully saturated rings. The summed E-state index contributed by atoms with van der Waals surface area (Å²) in [6.45, 7) is 14.4. The summed E-state index contributed by atoms with van der Waals surface area (Å²) < 4.78 is 7.90. The molecule has 2 aromatic carbocycles. The van der Waals surface area contributed by atoms with Crippen LogP contribution in [-0.4, -0.2) is 107 Å². The van der Waals surface area contributed by atoms with Gasteiger partial charge in [0, 0.05) is 39.8 Å². The molecule has 69 heavy (non-hydrogen) atoms. The van der Waals surface area contributed by atoms with Gasteiger partial charge in [-0.1, -0.05) is 68.8 Å². The Morgan fingerprint density at radius 3 is 2.36 bits per heavy atom. The molecule has 16 nitrogen and oxygen atoms in total. The fourth-order valence-electron chi connectivity index (χ4n) is 8.71. The number of β-amino-alcohol motifs (C(OH)–C–C–N with tert-alkyl or cyclic N) is 1. The van der Waals surface area contributed by atoms with Crippen molar-refractivity contribution >= 4 is 57.7 Å². The molecule has 0 saturated carbocycles. The second kappa shape index (κ2) is 21.0. The van der Waals surface area contributed by atoms with E-state index in [0.29, 0.717) is 28.1 Å². The molecule has 5 N–H and O–H groups in total. The van der Waals surface area contributed by atoms with Crippen LogP contribution in [0.25, 0.3) is 15.4 Å². The molecule has 0 bridgehead atoms. The highest BCUT2D eigenvalue weighted by atomic mass is 35.5. The van der Waals surface area contributed by atoms with Crippen LogP contribution in [0.15, 0.2) is 77.4 Å². The highest BCUT2D eigenvalue weighted by Gasteiger charge is 2.45. The van der Waals surface area contributed by atoms with Gasteiger partial charge in [-0.25, -0.2) is 4.98 Å². The Morgan fingerprint density at radius 2 is 1.68 bits per heavy atom. The molecule has 8 rings (SSSR count). The molecule has 19 heteroatoms. The maximum Gasteiger partial charge on any atom is 0.237 e. The van der Waals surface area contributed by atoms with Gasteiger partial charge in [-0.3, -0.25) is 33.8 Å². The van der Waals surface area contributed by atoms with Crippen molar-refractivity contribution in [2.45, 2.75) is 105 Å². The van der Waals surface area contributed by atoms with E-state index in [1.807, 2.05) is 93.2 Å². The number of aliphatic hydroxyl groups excluding tert-OH is 2. The van der Waals surface area contributed by atoms with E-state index in [9.17, 15) is 24.6 Å². The predicted molar refractivity (Wildman–Crippen MR) is 267 cm³/mol. The van der Waals surface area contributed by atoms with Crippen LogP contribution in [0.5, 0.6) is 5.75 Å². The van der Waals surface area contributed by atoms with Gasteiger partial charge in [0.2, 0.25) is 17.7 Å². The third-order valence-corrected chi connectivity index (χ3v) is 14.9. The molecular weight excluding hydrogens is 936 g/mol. The second-order valence-corrected chi connectivity index (χ2v) is 21.1. The number of amides is 3. The van der Waals surface area contributed by atoms with Gasteiger partial charge in [-0.05, 0) is 80.5 Å². The topological polar surface area (TPSA) is 209 Å². The first-order valence-corrected chi connectivity index (χ1v) is 24.9. The number of aliphatic hydroxyl groups is 2. The van der Waals surface area contributed by atoms with Gasteiger partial charge >= 0.3 is 0 Å². The quantitative estimate of drug-likeness (QED) is 0.0675. The minimum absolute atomic E-state index is 0.0361. The lowest BCUT2D eigenvalue weighted by molar-refractivity contribution is -0.134. The molecule has 2 aliphatic rings. The molecule has 3 amide bonds. The Kier molecular flexibility index (Phi) is 15.1. The number of thiophene rings is 1.